The highest BCUT2D eigenvalue weighted by atomic mass is 35.5. The maximum atomic E-state index is 13.2. The second kappa shape index (κ2) is 7.62. The molecule has 0 saturated carbocycles. The summed E-state index contributed by atoms with van der Waals surface area (Å²) in [5.41, 5.74) is 1.77. The summed E-state index contributed by atoms with van der Waals surface area (Å²) in [6.07, 6.45) is 1.49. The highest BCUT2D eigenvalue weighted by Crippen LogP contribution is 2.37. The van der Waals surface area contributed by atoms with Crippen molar-refractivity contribution in [2.24, 2.45) is 5.92 Å². The summed E-state index contributed by atoms with van der Waals surface area (Å²) < 4.78 is 0. The highest BCUT2D eigenvalue weighted by Gasteiger charge is 2.32. The fourth-order valence-electron chi connectivity index (χ4n) is 2.67. The van der Waals surface area contributed by atoms with Crippen molar-refractivity contribution in [2.45, 2.75) is 13.8 Å². The Kier molecular flexibility index (Phi) is 5.28. The lowest BCUT2D eigenvalue weighted by Crippen LogP contribution is -2.30. The van der Waals surface area contributed by atoms with Crippen LogP contribution in [0.15, 0.2) is 60.3 Å². The second-order valence-corrected chi connectivity index (χ2v) is 6.89. The molecule has 0 atom stereocenters. The Bertz CT molecular complexity index is 863. The highest BCUT2D eigenvalue weighted by molar-refractivity contribution is 6.34. The molecule has 2 N–H and O–H groups in total. The molecule has 1 aliphatic rings. The van der Waals surface area contributed by atoms with Crippen LogP contribution in [0.4, 0.5) is 17.1 Å². The first-order valence-electron chi connectivity index (χ1n) is 8.41. The molecule has 1 heterocycles. The van der Waals surface area contributed by atoms with Gasteiger partial charge in [-0.2, -0.15) is 0 Å². The minimum Gasteiger partial charge on any atom is -0.390 e. The zero-order valence-corrected chi connectivity index (χ0v) is 15.4. The van der Waals surface area contributed by atoms with Crippen LogP contribution in [0.2, 0.25) is 5.02 Å². The number of carbonyl (C=O) groups excluding carboxylic acids is 2. The van der Waals surface area contributed by atoms with Gasteiger partial charge in [-0.25, -0.2) is 0 Å². The molecule has 6 heteroatoms. The van der Waals surface area contributed by atoms with Gasteiger partial charge in [-0.05, 0) is 36.2 Å². The monoisotopic (exact) mass is 369 g/mol. The van der Waals surface area contributed by atoms with Gasteiger partial charge in [-0.3, -0.25) is 14.5 Å². The molecule has 2 amide bonds. The first kappa shape index (κ1) is 18.0. The van der Waals surface area contributed by atoms with E-state index in [1.165, 1.54) is 11.1 Å². The van der Waals surface area contributed by atoms with E-state index in [9.17, 15) is 9.59 Å². The number of benzene rings is 2. The van der Waals surface area contributed by atoms with Gasteiger partial charge in [-0.15, -0.1) is 0 Å². The van der Waals surface area contributed by atoms with Crippen LogP contribution in [0.1, 0.15) is 13.8 Å². The third-order valence-electron chi connectivity index (χ3n) is 3.91. The zero-order chi connectivity index (χ0) is 18.7. The van der Waals surface area contributed by atoms with E-state index in [1.807, 2.05) is 30.3 Å². The number of amides is 2. The number of nitrogens with one attached hydrogen (secondary N) is 2. The Hall–Kier alpha value is -2.79. The summed E-state index contributed by atoms with van der Waals surface area (Å²) in [6, 6.07) is 14.2. The van der Waals surface area contributed by atoms with Gasteiger partial charge in [0.15, 0.2) is 0 Å². The SMILES string of the molecule is CC(C)CN/C=C1\C(=O)Nc2ccc(Cl)cc2N(c2ccccc2)C1=O. The molecule has 2 aromatic carbocycles. The Labute approximate surface area is 157 Å². The van der Waals surface area contributed by atoms with Gasteiger partial charge in [-0.1, -0.05) is 43.6 Å². The van der Waals surface area contributed by atoms with Crippen molar-refractivity contribution in [3.63, 3.8) is 0 Å². The molecule has 3 rings (SSSR count). The van der Waals surface area contributed by atoms with E-state index in [4.69, 9.17) is 11.6 Å². The van der Waals surface area contributed by atoms with E-state index < -0.39 is 11.8 Å². The molecule has 0 aliphatic carbocycles. The molecule has 26 heavy (non-hydrogen) atoms. The lowest BCUT2D eigenvalue weighted by Gasteiger charge is -2.23. The van der Waals surface area contributed by atoms with E-state index in [0.29, 0.717) is 34.5 Å². The summed E-state index contributed by atoms with van der Waals surface area (Å²) in [7, 11) is 0. The fourth-order valence-corrected chi connectivity index (χ4v) is 2.84. The number of halogens is 1. The van der Waals surface area contributed by atoms with Crippen molar-refractivity contribution in [2.75, 3.05) is 16.8 Å². The Balaban J connectivity index is 2.10. The van der Waals surface area contributed by atoms with E-state index >= 15 is 0 Å². The third kappa shape index (κ3) is 3.73. The predicted octanol–water partition coefficient (Wildman–Crippen LogP) is 4.09. The molecule has 0 aromatic heterocycles. The Morgan fingerprint density at radius 3 is 2.58 bits per heavy atom. The van der Waals surface area contributed by atoms with E-state index in [0.717, 1.165) is 0 Å². The maximum Gasteiger partial charge on any atom is 0.269 e. The first-order valence-corrected chi connectivity index (χ1v) is 8.79. The average molecular weight is 370 g/mol. The molecule has 0 spiro atoms. The molecular formula is C20H20ClN3O2. The van der Waals surface area contributed by atoms with Crippen LogP contribution in [0.25, 0.3) is 0 Å². The minimum atomic E-state index is -0.451. The molecule has 0 fully saturated rings. The van der Waals surface area contributed by atoms with E-state index in [-0.39, 0.29) is 5.57 Å². The number of anilines is 3. The van der Waals surface area contributed by atoms with Crippen molar-refractivity contribution < 1.29 is 9.59 Å². The number of hydrogen-bond donors (Lipinski definition) is 2. The first-order chi connectivity index (χ1) is 12.5. The molecule has 0 bridgehead atoms. The van der Waals surface area contributed by atoms with Crippen LogP contribution in [0.3, 0.4) is 0 Å². The molecule has 1 aliphatic heterocycles. The van der Waals surface area contributed by atoms with Gasteiger partial charge in [0, 0.05) is 23.5 Å². The van der Waals surface area contributed by atoms with Gasteiger partial charge in [0.25, 0.3) is 11.8 Å². The molecule has 0 radical (unpaired) electrons. The topological polar surface area (TPSA) is 61.4 Å². The molecule has 0 saturated heterocycles. The van der Waals surface area contributed by atoms with Crippen molar-refractivity contribution in [1.82, 2.24) is 5.32 Å². The van der Waals surface area contributed by atoms with Gasteiger partial charge in [0.05, 0.1) is 11.4 Å². The van der Waals surface area contributed by atoms with Gasteiger partial charge in [0.1, 0.15) is 5.57 Å². The fraction of sp³-hybridized carbons (Fsp3) is 0.200. The number of para-hydroxylation sites is 1. The Morgan fingerprint density at radius 2 is 1.88 bits per heavy atom. The second-order valence-electron chi connectivity index (χ2n) is 6.45. The van der Waals surface area contributed by atoms with E-state index in [1.54, 1.807) is 18.2 Å². The molecule has 0 unspecified atom stereocenters. The number of hydrogen-bond acceptors (Lipinski definition) is 3. The zero-order valence-electron chi connectivity index (χ0n) is 14.6. The van der Waals surface area contributed by atoms with Crippen LogP contribution in [-0.4, -0.2) is 18.4 Å². The molecule has 5 nitrogen and oxygen atoms in total. The lowest BCUT2D eigenvalue weighted by molar-refractivity contribution is -0.119. The van der Waals surface area contributed by atoms with Crippen molar-refractivity contribution in [1.29, 1.82) is 0 Å². The summed E-state index contributed by atoms with van der Waals surface area (Å²) in [4.78, 5) is 27.3. The van der Waals surface area contributed by atoms with Crippen LogP contribution in [0, 0.1) is 5.92 Å². The predicted molar refractivity (Wildman–Crippen MR) is 105 cm³/mol. The van der Waals surface area contributed by atoms with Gasteiger partial charge < -0.3 is 10.6 Å². The van der Waals surface area contributed by atoms with Crippen LogP contribution in [-0.2, 0) is 9.59 Å². The average Bonchev–Trinajstić information content (AvgIpc) is 2.70. The summed E-state index contributed by atoms with van der Waals surface area (Å²) >= 11 is 6.14. The third-order valence-corrected chi connectivity index (χ3v) is 4.15. The number of nitrogens with zero attached hydrogens (tertiary/aromatic N) is 1. The van der Waals surface area contributed by atoms with Crippen LogP contribution < -0.4 is 15.5 Å². The van der Waals surface area contributed by atoms with Crippen molar-refractivity contribution in [3.05, 3.63) is 65.3 Å². The molecule has 134 valence electrons. The van der Waals surface area contributed by atoms with Gasteiger partial charge in [0.2, 0.25) is 0 Å². The summed E-state index contributed by atoms with van der Waals surface area (Å²) in [6.45, 7) is 4.76. The molecule has 2 aromatic rings. The standard InChI is InChI=1S/C20H20ClN3O2/c1-13(2)11-22-12-16-19(25)23-17-9-8-14(21)10-18(17)24(20(16)26)15-6-4-3-5-7-15/h3-10,12-13,22H,11H2,1-2H3,(H,23,25)/b16-12+. The van der Waals surface area contributed by atoms with Crippen LogP contribution in [0.5, 0.6) is 0 Å². The van der Waals surface area contributed by atoms with E-state index in [2.05, 4.69) is 24.5 Å². The number of carbonyl (C=O) groups is 2. The van der Waals surface area contributed by atoms with Crippen molar-refractivity contribution in [3.8, 4) is 0 Å². The number of rotatable bonds is 4. The quantitative estimate of drug-likeness (QED) is 0.630. The van der Waals surface area contributed by atoms with Gasteiger partial charge >= 0.3 is 0 Å². The summed E-state index contributed by atoms with van der Waals surface area (Å²) in [5, 5.41) is 6.34. The van der Waals surface area contributed by atoms with Crippen LogP contribution >= 0.6 is 11.6 Å². The number of fused-ring (bicyclic) bond motifs is 1. The normalized spacial score (nSPS) is 15.7. The largest absolute Gasteiger partial charge is 0.390 e. The summed E-state index contributed by atoms with van der Waals surface area (Å²) in [5.74, 6) is -0.476. The smallest absolute Gasteiger partial charge is 0.269 e. The Morgan fingerprint density at radius 1 is 1.15 bits per heavy atom. The molecular weight excluding hydrogens is 350 g/mol. The van der Waals surface area contributed by atoms with Crippen molar-refractivity contribution >= 4 is 40.5 Å². The lowest BCUT2D eigenvalue weighted by atomic mass is 10.2. The minimum absolute atomic E-state index is 0.0434. The maximum absolute atomic E-state index is 13.2.